The lowest BCUT2D eigenvalue weighted by molar-refractivity contribution is -0.137. The van der Waals surface area contributed by atoms with E-state index in [-0.39, 0.29) is 31.2 Å². The van der Waals surface area contributed by atoms with Crippen molar-refractivity contribution in [2.45, 2.75) is 19.4 Å². The summed E-state index contributed by atoms with van der Waals surface area (Å²) in [4.78, 5) is 15.5. The Morgan fingerprint density at radius 3 is 2.18 bits per heavy atom. The Morgan fingerprint density at radius 2 is 1.56 bits per heavy atom. The molecule has 34 heavy (non-hydrogen) atoms. The van der Waals surface area contributed by atoms with E-state index in [0.29, 0.717) is 36.8 Å². The number of ether oxygens (including phenoxy) is 4. The zero-order valence-electron chi connectivity index (χ0n) is 19.8. The van der Waals surface area contributed by atoms with Gasteiger partial charge in [-0.05, 0) is 24.6 Å². The fourth-order valence-corrected chi connectivity index (χ4v) is 3.90. The molecule has 0 unspecified atom stereocenters. The second kappa shape index (κ2) is 14.7. The number of carboxylic acids is 1. The van der Waals surface area contributed by atoms with Gasteiger partial charge in [-0.2, -0.15) is 0 Å². The predicted molar refractivity (Wildman–Crippen MR) is 137 cm³/mol. The molecule has 0 amide bonds. The van der Waals surface area contributed by atoms with Crippen molar-refractivity contribution < 1.29 is 28.8 Å². The number of para-hydroxylation sites is 2. The number of methoxy groups -OCH3 is 3. The van der Waals surface area contributed by atoms with Crippen LogP contribution in [0.1, 0.15) is 18.4 Å². The normalized spacial score (nSPS) is 13.3. The van der Waals surface area contributed by atoms with Crippen LogP contribution in [-0.4, -0.2) is 70.1 Å². The number of hydrogen-bond donors (Lipinski definition) is 1. The lowest BCUT2D eigenvalue weighted by atomic mass is 10.1. The second-order valence-corrected chi connectivity index (χ2v) is 7.57. The maximum absolute atomic E-state index is 10.8. The van der Waals surface area contributed by atoms with Gasteiger partial charge >= 0.3 is 5.97 Å². The number of nitrogens with zero attached hydrogens (tertiary/aromatic N) is 2. The first-order chi connectivity index (χ1) is 15.6. The van der Waals surface area contributed by atoms with Crippen LogP contribution in [0, 0.1) is 0 Å². The quantitative estimate of drug-likeness (QED) is 0.446. The first-order valence-corrected chi connectivity index (χ1v) is 10.8. The van der Waals surface area contributed by atoms with E-state index in [1.54, 1.807) is 21.3 Å². The fraction of sp³-hybridized carbons (Fsp3) is 0.458. The van der Waals surface area contributed by atoms with Gasteiger partial charge in [-0.1, -0.05) is 18.2 Å². The number of benzene rings is 2. The van der Waals surface area contributed by atoms with Crippen LogP contribution >= 0.6 is 24.8 Å². The Morgan fingerprint density at radius 1 is 0.882 bits per heavy atom. The van der Waals surface area contributed by atoms with E-state index >= 15 is 0 Å². The van der Waals surface area contributed by atoms with Crippen LogP contribution in [0.15, 0.2) is 36.4 Å². The van der Waals surface area contributed by atoms with Gasteiger partial charge in [0, 0.05) is 44.7 Å². The van der Waals surface area contributed by atoms with Gasteiger partial charge in [0.05, 0.1) is 33.6 Å². The SMILES string of the molecule is COc1ccccc1N1CCN(Cc2ccc(OC)c(OC)c2OCCCC(=O)O)CC1.Cl.Cl. The highest BCUT2D eigenvalue weighted by Gasteiger charge is 2.23. The van der Waals surface area contributed by atoms with Gasteiger partial charge in [-0.15, -0.1) is 24.8 Å². The molecule has 1 aliphatic heterocycles. The van der Waals surface area contributed by atoms with Crippen LogP contribution < -0.4 is 23.8 Å². The Bertz CT molecular complexity index is 907. The largest absolute Gasteiger partial charge is 0.495 e. The number of piperazine rings is 1. The first-order valence-electron chi connectivity index (χ1n) is 10.8. The maximum atomic E-state index is 10.8. The number of carbonyl (C=O) groups is 1. The number of anilines is 1. The third-order valence-corrected chi connectivity index (χ3v) is 5.56. The summed E-state index contributed by atoms with van der Waals surface area (Å²) in [6.07, 6.45) is 0.485. The van der Waals surface area contributed by atoms with Crippen molar-refractivity contribution in [3.8, 4) is 23.0 Å². The van der Waals surface area contributed by atoms with E-state index in [2.05, 4.69) is 15.9 Å². The van der Waals surface area contributed by atoms with Crippen molar-refractivity contribution in [2.24, 2.45) is 0 Å². The summed E-state index contributed by atoms with van der Waals surface area (Å²) < 4.78 is 22.5. The predicted octanol–water partition coefficient (Wildman–Crippen LogP) is 4.12. The molecule has 2 aromatic rings. The summed E-state index contributed by atoms with van der Waals surface area (Å²) in [5.74, 6) is 1.79. The van der Waals surface area contributed by atoms with Crippen molar-refractivity contribution in [3.05, 3.63) is 42.0 Å². The number of halogens is 2. The number of aliphatic carboxylic acids is 1. The summed E-state index contributed by atoms with van der Waals surface area (Å²) in [5, 5.41) is 8.88. The Labute approximate surface area is 213 Å². The first kappa shape index (κ1) is 29.5. The minimum Gasteiger partial charge on any atom is -0.495 e. The van der Waals surface area contributed by atoms with Crippen LogP contribution in [0.5, 0.6) is 23.0 Å². The summed E-state index contributed by atoms with van der Waals surface area (Å²) >= 11 is 0. The minimum absolute atomic E-state index is 0. The molecular weight excluding hydrogens is 483 g/mol. The van der Waals surface area contributed by atoms with Crippen molar-refractivity contribution in [1.82, 2.24) is 4.90 Å². The lowest BCUT2D eigenvalue weighted by Crippen LogP contribution is -2.46. The number of carboxylic acid groups (broad SMARTS) is 1. The molecule has 10 heteroatoms. The third-order valence-electron chi connectivity index (χ3n) is 5.56. The van der Waals surface area contributed by atoms with Gasteiger partial charge in [0.25, 0.3) is 0 Å². The van der Waals surface area contributed by atoms with Crippen LogP contribution in [-0.2, 0) is 11.3 Å². The molecule has 1 saturated heterocycles. The highest BCUT2D eigenvalue weighted by Crippen LogP contribution is 2.40. The van der Waals surface area contributed by atoms with Crippen LogP contribution in [0.3, 0.4) is 0 Å². The number of hydrogen-bond acceptors (Lipinski definition) is 7. The van der Waals surface area contributed by atoms with Gasteiger partial charge in [-0.25, -0.2) is 0 Å². The average molecular weight is 517 g/mol. The van der Waals surface area contributed by atoms with Crippen LogP contribution in [0.2, 0.25) is 0 Å². The van der Waals surface area contributed by atoms with Gasteiger partial charge in [-0.3, -0.25) is 9.69 Å². The zero-order chi connectivity index (χ0) is 22.9. The molecule has 0 atom stereocenters. The minimum atomic E-state index is -0.834. The number of rotatable bonds is 11. The molecule has 8 nitrogen and oxygen atoms in total. The summed E-state index contributed by atoms with van der Waals surface area (Å²) in [6, 6.07) is 11.9. The molecule has 1 N–H and O–H groups in total. The summed E-state index contributed by atoms with van der Waals surface area (Å²) in [5.41, 5.74) is 2.10. The van der Waals surface area contributed by atoms with E-state index in [1.807, 2.05) is 30.3 Å². The van der Waals surface area contributed by atoms with E-state index in [9.17, 15) is 4.79 Å². The maximum Gasteiger partial charge on any atom is 0.303 e. The molecule has 1 fully saturated rings. The molecule has 2 aromatic carbocycles. The van der Waals surface area contributed by atoms with E-state index in [1.165, 1.54) is 0 Å². The third kappa shape index (κ3) is 7.48. The molecular formula is C24H34Cl2N2O6. The Hall–Kier alpha value is -2.55. The highest BCUT2D eigenvalue weighted by atomic mass is 35.5. The van der Waals surface area contributed by atoms with E-state index in [4.69, 9.17) is 24.1 Å². The molecule has 0 spiro atoms. The van der Waals surface area contributed by atoms with Crippen molar-refractivity contribution in [3.63, 3.8) is 0 Å². The van der Waals surface area contributed by atoms with Gasteiger partial charge in [0.15, 0.2) is 11.5 Å². The van der Waals surface area contributed by atoms with Gasteiger partial charge in [0.2, 0.25) is 5.75 Å². The monoisotopic (exact) mass is 516 g/mol. The summed E-state index contributed by atoms with van der Waals surface area (Å²) in [7, 11) is 4.87. The van der Waals surface area contributed by atoms with Crippen molar-refractivity contribution in [2.75, 3.05) is 59.0 Å². The second-order valence-electron chi connectivity index (χ2n) is 7.57. The summed E-state index contributed by atoms with van der Waals surface area (Å²) in [6.45, 7) is 4.57. The standard InChI is InChI=1S/C24H32N2O6.2ClH/c1-29-20-8-5-4-7-19(20)26-14-12-25(13-15-26)17-18-10-11-21(30-2)24(31-3)23(18)32-16-6-9-22(27)28;;/h4-5,7-8,10-11H,6,9,12-17H2,1-3H3,(H,27,28);2*1H. The molecule has 3 rings (SSSR count). The smallest absolute Gasteiger partial charge is 0.303 e. The topological polar surface area (TPSA) is 80.7 Å². The van der Waals surface area contributed by atoms with E-state index in [0.717, 1.165) is 43.2 Å². The van der Waals surface area contributed by atoms with Crippen molar-refractivity contribution in [1.29, 1.82) is 0 Å². The molecule has 0 radical (unpaired) electrons. The van der Waals surface area contributed by atoms with Crippen molar-refractivity contribution >= 4 is 36.5 Å². The van der Waals surface area contributed by atoms with Crippen LogP contribution in [0.4, 0.5) is 5.69 Å². The highest BCUT2D eigenvalue weighted by molar-refractivity contribution is 5.85. The molecule has 0 saturated carbocycles. The molecule has 0 bridgehead atoms. The Kier molecular flexibility index (Phi) is 12.7. The fourth-order valence-electron chi connectivity index (χ4n) is 3.90. The molecule has 0 aliphatic carbocycles. The van der Waals surface area contributed by atoms with E-state index < -0.39 is 5.97 Å². The lowest BCUT2D eigenvalue weighted by Gasteiger charge is -2.36. The average Bonchev–Trinajstić information content (AvgIpc) is 2.82. The zero-order valence-corrected chi connectivity index (χ0v) is 21.5. The molecule has 0 aromatic heterocycles. The van der Waals surface area contributed by atoms with Gasteiger partial charge < -0.3 is 29.0 Å². The molecule has 1 aliphatic rings. The van der Waals surface area contributed by atoms with Gasteiger partial charge in [0.1, 0.15) is 5.75 Å². The van der Waals surface area contributed by atoms with Crippen LogP contribution in [0.25, 0.3) is 0 Å². The molecule has 190 valence electrons. The molecule has 1 heterocycles. The Balaban J connectivity index is 0.00000289.